The van der Waals surface area contributed by atoms with Crippen LogP contribution in [0.5, 0.6) is 0 Å². The quantitative estimate of drug-likeness (QED) is 0.808. The fraction of sp³-hybridized carbons (Fsp3) is 0.357. The molecule has 0 unspecified atom stereocenters. The summed E-state index contributed by atoms with van der Waals surface area (Å²) in [5, 5.41) is 3.57. The summed E-state index contributed by atoms with van der Waals surface area (Å²) in [6, 6.07) is 5.53. The van der Waals surface area contributed by atoms with E-state index in [0.29, 0.717) is 17.4 Å². The Morgan fingerprint density at radius 1 is 1.53 bits per heavy atom. The summed E-state index contributed by atoms with van der Waals surface area (Å²) in [7, 11) is 0. The second-order valence-electron chi connectivity index (χ2n) is 4.48. The summed E-state index contributed by atoms with van der Waals surface area (Å²) in [6.45, 7) is 1.96. The van der Waals surface area contributed by atoms with E-state index in [1.807, 2.05) is 19.1 Å². The van der Waals surface area contributed by atoms with Crippen LogP contribution in [-0.2, 0) is 4.79 Å². The second kappa shape index (κ2) is 5.37. The van der Waals surface area contributed by atoms with E-state index in [1.54, 1.807) is 6.07 Å². The Kier molecular flexibility index (Phi) is 3.85. The standard InChI is InChI=1S/C14H16ClNO/c1-10-6-7-12(15)9-13(10)16-14(17)8-11-4-2-3-5-11/h2,4,6-7,9,11H,3,5,8H2,1H3,(H,16,17)/t11-/m0/s1. The minimum absolute atomic E-state index is 0.0620. The lowest BCUT2D eigenvalue weighted by Crippen LogP contribution is -2.15. The van der Waals surface area contributed by atoms with E-state index in [9.17, 15) is 4.79 Å². The molecule has 0 heterocycles. The zero-order valence-electron chi connectivity index (χ0n) is 9.87. The number of rotatable bonds is 3. The van der Waals surface area contributed by atoms with Crippen LogP contribution in [0.15, 0.2) is 30.4 Å². The van der Waals surface area contributed by atoms with Gasteiger partial charge in [0, 0.05) is 17.1 Å². The molecule has 0 fully saturated rings. The Morgan fingerprint density at radius 3 is 3.06 bits per heavy atom. The zero-order valence-corrected chi connectivity index (χ0v) is 10.6. The van der Waals surface area contributed by atoms with E-state index in [-0.39, 0.29) is 5.91 Å². The van der Waals surface area contributed by atoms with Crippen LogP contribution in [0.4, 0.5) is 5.69 Å². The van der Waals surface area contributed by atoms with E-state index in [4.69, 9.17) is 11.6 Å². The van der Waals surface area contributed by atoms with Gasteiger partial charge in [0.2, 0.25) is 5.91 Å². The van der Waals surface area contributed by atoms with Crippen molar-refractivity contribution in [1.82, 2.24) is 0 Å². The second-order valence-corrected chi connectivity index (χ2v) is 4.91. The number of carbonyl (C=O) groups excluding carboxylic acids is 1. The first-order chi connectivity index (χ1) is 8.15. The summed E-state index contributed by atoms with van der Waals surface area (Å²) in [4.78, 5) is 11.8. The maximum absolute atomic E-state index is 11.8. The van der Waals surface area contributed by atoms with Gasteiger partial charge in [0.1, 0.15) is 0 Å². The number of benzene rings is 1. The van der Waals surface area contributed by atoms with Crippen molar-refractivity contribution in [3.63, 3.8) is 0 Å². The average Bonchev–Trinajstić information content (AvgIpc) is 2.76. The smallest absolute Gasteiger partial charge is 0.224 e. The number of allylic oxidation sites excluding steroid dienone is 2. The number of hydrogen-bond acceptors (Lipinski definition) is 1. The highest BCUT2D eigenvalue weighted by atomic mass is 35.5. The molecule has 0 radical (unpaired) electrons. The first kappa shape index (κ1) is 12.2. The largest absolute Gasteiger partial charge is 0.326 e. The Bertz CT molecular complexity index is 454. The van der Waals surface area contributed by atoms with E-state index in [1.165, 1.54) is 0 Å². The molecule has 0 saturated carbocycles. The summed E-state index contributed by atoms with van der Waals surface area (Å²) < 4.78 is 0. The maximum atomic E-state index is 11.8. The van der Waals surface area contributed by atoms with Crippen molar-refractivity contribution in [3.05, 3.63) is 40.9 Å². The minimum atomic E-state index is 0.0620. The van der Waals surface area contributed by atoms with Gasteiger partial charge in [-0.2, -0.15) is 0 Å². The number of aryl methyl sites for hydroxylation is 1. The van der Waals surface area contributed by atoms with Gasteiger partial charge in [0.15, 0.2) is 0 Å². The molecule has 1 aliphatic carbocycles. The first-order valence-electron chi connectivity index (χ1n) is 5.88. The highest BCUT2D eigenvalue weighted by Gasteiger charge is 2.14. The van der Waals surface area contributed by atoms with E-state index < -0.39 is 0 Å². The van der Waals surface area contributed by atoms with Gasteiger partial charge in [0.05, 0.1) is 0 Å². The van der Waals surface area contributed by atoms with E-state index in [0.717, 1.165) is 24.1 Å². The topological polar surface area (TPSA) is 29.1 Å². The molecular weight excluding hydrogens is 234 g/mol. The van der Waals surface area contributed by atoms with Crippen molar-refractivity contribution in [2.45, 2.75) is 26.2 Å². The Hall–Kier alpha value is -1.28. The van der Waals surface area contributed by atoms with Gasteiger partial charge in [-0.05, 0) is 43.4 Å². The Labute approximate surface area is 107 Å². The lowest BCUT2D eigenvalue weighted by atomic mass is 10.0. The molecular formula is C14H16ClNO. The van der Waals surface area contributed by atoms with Gasteiger partial charge in [-0.15, -0.1) is 0 Å². The highest BCUT2D eigenvalue weighted by Crippen LogP contribution is 2.23. The van der Waals surface area contributed by atoms with Crippen molar-refractivity contribution in [2.75, 3.05) is 5.32 Å². The van der Waals surface area contributed by atoms with Crippen LogP contribution in [0.25, 0.3) is 0 Å². The molecule has 1 amide bonds. The monoisotopic (exact) mass is 249 g/mol. The molecule has 0 aliphatic heterocycles. The van der Waals surface area contributed by atoms with Crippen molar-refractivity contribution in [3.8, 4) is 0 Å². The van der Waals surface area contributed by atoms with Crippen LogP contribution in [0.2, 0.25) is 5.02 Å². The summed E-state index contributed by atoms with van der Waals surface area (Å²) >= 11 is 5.91. The van der Waals surface area contributed by atoms with Gasteiger partial charge in [-0.1, -0.05) is 29.8 Å². The molecule has 1 N–H and O–H groups in total. The Morgan fingerprint density at radius 2 is 2.35 bits per heavy atom. The summed E-state index contributed by atoms with van der Waals surface area (Å²) in [6.07, 6.45) is 7.01. The number of nitrogens with one attached hydrogen (secondary N) is 1. The predicted molar refractivity (Wildman–Crippen MR) is 71.3 cm³/mol. The molecule has 0 bridgehead atoms. The van der Waals surface area contributed by atoms with Crippen LogP contribution in [0.1, 0.15) is 24.8 Å². The van der Waals surface area contributed by atoms with Gasteiger partial charge in [-0.25, -0.2) is 0 Å². The number of halogens is 1. The Balaban J connectivity index is 1.97. The molecule has 1 aliphatic rings. The molecule has 2 nitrogen and oxygen atoms in total. The fourth-order valence-corrected chi connectivity index (χ4v) is 2.21. The molecule has 1 aromatic rings. The summed E-state index contributed by atoms with van der Waals surface area (Å²) in [5.74, 6) is 0.460. The van der Waals surface area contributed by atoms with Crippen molar-refractivity contribution in [2.24, 2.45) is 5.92 Å². The van der Waals surface area contributed by atoms with Gasteiger partial charge < -0.3 is 5.32 Å². The molecule has 1 aromatic carbocycles. The molecule has 0 spiro atoms. The average molecular weight is 250 g/mol. The van der Waals surface area contributed by atoms with Crippen molar-refractivity contribution >= 4 is 23.2 Å². The molecule has 0 aromatic heterocycles. The van der Waals surface area contributed by atoms with Gasteiger partial charge in [-0.3, -0.25) is 4.79 Å². The number of hydrogen-bond donors (Lipinski definition) is 1. The lowest BCUT2D eigenvalue weighted by Gasteiger charge is -2.11. The number of anilines is 1. The zero-order chi connectivity index (χ0) is 12.3. The highest BCUT2D eigenvalue weighted by molar-refractivity contribution is 6.31. The third kappa shape index (κ3) is 3.34. The SMILES string of the molecule is Cc1ccc(Cl)cc1NC(=O)C[C@H]1C=CCC1. The third-order valence-electron chi connectivity index (χ3n) is 3.03. The van der Waals surface area contributed by atoms with Crippen LogP contribution < -0.4 is 5.32 Å². The number of amides is 1. The number of carbonyl (C=O) groups is 1. The third-order valence-corrected chi connectivity index (χ3v) is 3.27. The van der Waals surface area contributed by atoms with E-state index in [2.05, 4.69) is 17.5 Å². The van der Waals surface area contributed by atoms with Crippen molar-refractivity contribution in [1.29, 1.82) is 0 Å². The normalized spacial score (nSPS) is 18.4. The van der Waals surface area contributed by atoms with Gasteiger partial charge >= 0.3 is 0 Å². The summed E-state index contributed by atoms with van der Waals surface area (Å²) in [5.41, 5.74) is 1.84. The van der Waals surface area contributed by atoms with Crippen LogP contribution in [0, 0.1) is 12.8 Å². The van der Waals surface area contributed by atoms with Crippen LogP contribution >= 0.6 is 11.6 Å². The first-order valence-corrected chi connectivity index (χ1v) is 6.25. The van der Waals surface area contributed by atoms with Crippen LogP contribution in [0.3, 0.4) is 0 Å². The molecule has 2 rings (SSSR count). The molecule has 90 valence electrons. The van der Waals surface area contributed by atoms with Crippen molar-refractivity contribution < 1.29 is 4.79 Å². The fourth-order valence-electron chi connectivity index (χ4n) is 2.03. The lowest BCUT2D eigenvalue weighted by molar-refractivity contribution is -0.116. The maximum Gasteiger partial charge on any atom is 0.224 e. The van der Waals surface area contributed by atoms with E-state index >= 15 is 0 Å². The van der Waals surface area contributed by atoms with Gasteiger partial charge in [0.25, 0.3) is 0 Å². The molecule has 3 heteroatoms. The predicted octanol–water partition coefficient (Wildman–Crippen LogP) is 3.94. The molecule has 0 saturated heterocycles. The molecule has 17 heavy (non-hydrogen) atoms. The molecule has 1 atom stereocenters. The van der Waals surface area contributed by atoms with Crippen LogP contribution in [-0.4, -0.2) is 5.91 Å². The minimum Gasteiger partial charge on any atom is -0.326 e.